The number of nitrogens with zero attached hydrogens (tertiary/aromatic N) is 3. The third kappa shape index (κ3) is 1.96. The molecule has 2 aromatic rings. The Hall–Kier alpha value is -2.30. The van der Waals surface area contributed by atoms with Gasteiger partial charge in [-0.3, -0.25) is 0 Å². The summed E-state index contributed by atoms with van der Waals surface area (Å²) in [6, 6.07) is 4.77. The minimum absolute atomic E-state index is 0.00896. The molecule has 0 saturated carbocycles. The van der Waals surface area contributed by atoms with Gasteiger partial charge in [0.05, 0.1) is 0 Å². The second-order valence-corrected chi connectivity index (χ2v) is 2.81. The van der Waals surface area contributed by atoms with Crippen LogP contribution in [0.2, 0.25) is 0 Å². The minimum atomic E-state index is -1.05. The van der Waals surface area contributed by atoms with Crippen LogP contribution < -0.4 is 0 Å². The first-order valence-electron chi connectivity index (χ1n) is 4.24. The topological polar surface area (TPSA) is 76.0 Å². The van der Waals surface area contributed by atoms with Gasteiger partial charge in [-0.05, 0) is 18.2 Å². The molecule has 0 saturated heterocycles. The van der Waals surface area contributed by atoms with E-state index in [1.54, 1.807) is 24.5 Å². The molecule has 5 nitrogen and oxygen atoms in total. The molecule has 0 aliphatic rings. The number of carboxylic acids is 1. The number of hydrogen-bond acceptors (Lipinski definition) is 4. The van der Waals surface area contributed by atoms with Gasteiger partial charge in [0.15, 0.2) is 5.82 Å². The van der Waals surface area contributed by atoms with Crippen LogP contribution in [-0.2, 0) is 0 Å². The first-order valence-corrected chi connectivity index (χ1v) is 4.24. The van der Waals surface area contributed by atoms with E-state index in [2.05, 4.69) is 15.0 Å². The van der Waals surface area contributed by atoms with Gasteiger partial charge in [0, 0.05) is 24.2 Å². The number of rotatable bonds is 2. The predicted octanol–water partition coefficient (Wildman–Crippen LogP) is 1.24. The zero-order chi connectivity index (χ0) is 10.7. The predicted molar refractivity (Wildman–Crippen MR) is 52.2 cm³/mol. The van der Waals surface area contributed by atoms with Crippen LogP contribution >= 0.6 is 0 Å². The van der Waals surface area contributed by atoms with Crippen molar-refractivity contribution < 1.29 is 9.90 Å². The largest absolute Gasteiger partial charge is 0.477 e. The lowest BCUT2D eigenvalue weighted by Crippen LogP contribution is -1.99. The van der Waals surface area contributed by atoms with Gasteiger partial charge in [0.25, 0.3) is 0 Å². The second-order valence-electron chi connectivity index (χ2n) is 2.81. The van der Waals surface area contributed by atoms with Crippen LogP contribution in [0.1, 0.15) is 10.5 Å². The fourth-order valence-corrected chi connectivity index (χ4v) is 1.10. The summed E-state index contributed by atoms with van der Waals surface area (Å²) >= 11 is 0. The molecule has 0 fully saturated rings. The number of carboxylic acid groups (broad SMARTS) is 1. The average Bonchev–Trinajstić information content (AvgIpc) is 2.30. The molecule has 0 unspecified atom stereocenters. The van der Waals surface area contributed by atoms with E-state index in [1.165, 1.54) is 12.3 Å². The first kappa shape index (κ1) is 9.26. The quantitative estimate of drug-likeness (QED) is 0.790. The van der Waals surface area contributed by atoms with Gasteiger partial charge < -0.3 is 5.11 Å². The standard InChI is InChI=1S/C10H7N3O2/c14-10(15)8-3-2-7(6-13-8)9-11-4-1-5-12-9/h1-6H,(H,14,15). The number of pyridine rings is 1. The molecule has 2 heterocycles. The zero-order valence-electron chi connectivity index (χ0n) is 7.66. The summed E-state index contributed by atoms with van der Waals surface area (Å²) in [6.45, 7) is 0. The number of carbonyl (C=O) groups is 1. The molecular weight excluding hydrogens is 194 g/mol. The van der Waals surface area contributed by atoms with E-state index in [1.807, 2.05) is 0 Å². The summed E-state index contributed by atoms with van der Waals surface area (Å²) < 4.78 is 0. The van der Waals surface area contributed by atoms with Crippen molar-refractivity contribution in [3.63, 3.8) is 0 Å². The Kier molecular flexibility index (Phi) is 2.37. The molecule has 74 valence electrons. The molecule has 15 heavy (non-hydrogen) atoms. The molecule has 0 bridgehead atoms. The maximum atomic E-state index is 10.6. The van der Waals surface area contributed by atoms with E-state index < -0.39 is 5.97 Å². The smallest absolute Gasteiger partial charge is 0.354 e. The lowest BCUT2D eigenvalue weighted by Gasteiger charge is -1.98. The van der Waals surface area contributed by atoms with Crippen molar-refractivity contribution >= 4 is 5.97 Å². The molecule has 2 aromatic heterocycles. The van der Waals surface area contributed by atoms with Gasteiger partial charge in [-0.25, -0.2) is 19.7 Å². The Bertz CT molecular complexity index is 468. The van der Waals surface area contributed by atoms with Gasteiger partial charge in [0.1, 0.15) is 5.69 Å². The Morgan fingerprint density at radius 1 is 1.13 bits per heavy atom. The van der Waals surface area contributed by atoms with Gasteiger partial charge in [-0.1, -0.05) is 0 Å². The Morgan fingerprint density at radius 2 is 1.87 bits per heavy atom. The molecule has 0 amide bonds. The van der Waals surface area contributed by atoms with E-state index in [-0.39, 0.29) is 5.69 Å². The number of aromatic nitrogens is 3. The zero-order valence-corrected chi connectivity index (χ0v) is 7.66. The summed E-state index contributed by atoms with van der Waals surface area (Å²) in [5.41, 5.74) is 0.704. The fraction of sp³-hybridized carbons (Fsp3) is 0. The van der Waals surface area contributed by atoms with Crippen LogP contribution in [0.3, 0.4) is 0 Å². The third-order valence-electron chi connectivity index (χ3n) is 1.81. The summed E-state index contributed by atoms with van der Waals surface area (Å²) in [5, 5.41) is 8.65. The first-order chi connectivity index (χ1) is 7.27. The van der Waals surface area contributed by atoms with E-state index in [9.17, 15) is 4.79 Å². The Balaban J connectivity index is 2.36. The molecule has 0 aromatic carbocycles. The van der Waals surface area contributed by atoms with Gasteiger partial charge in [-0.2, -0.15) is 0 Å². The normalized spacial score (nSPS) is 9.87. The van der Waals surface area contributed by atoms with Crippen LogP contribution in [0.25, 0.3) is 11.4 Å². The molecule has 0 aliphatic heterocycles. The third-order valence-corrected chi connectivity index (χ3v) is 1.81. The monoisotopic (exact) mass is 201 g/mol. The average molecular weight is 201 g/mol. The van der Waals surface area contributed by atoms with E-state index in [4.69, 9.17) is 5.11 Å². The van der Waals surface area contributed by atoms with Crippen LogP contribution in [0.5, 0.6) is 0 Å². The second kappa shape index (κ2) is 3.83. The van der Waals surface area contributed by atoms with Crippen molar-refractivity contribution in [2.75, 3.05) is 0 Å². The highest BCUT2D eigenvalue weighted by Gasteiger charge is 2.05. The van der Waals surface area contributed by atoms with Gasteiger partial charge in [-0.15, -0.1) is 0 Å². The summed E-state index contributed by atoms with van der Waals surface area (Å²) in [4.78, 5) is 22.4. The Morgan fingerprint density at radius 3 is 2.40 bits per heavy atom. The number of hydrogen-bond donors (Lipinski definition) is 1. The summed E-state index contributed by atoms with van der Waals surface area (Å²) in [5.74, 6) is -0.516. The fourth-order valence-electron chi connectivity index (χ4n) is 1.10. The van der Waals surface area contributed by atoms with Crippen molar-refractivity contribution in [2.45, 2.75) is 0 Å². The molecule has 5 heteroatoms. The van der Waals surface area contributed by atoms with Crippen molar-refractivity contribution in [3.8, 4) is 11.4 Å². The molecule has 0 aliphatic carbocycles. The molecule has 0 radical (unpaired) electrons. The summed E-state index contributed by atoms with van der Waals surface area (Å²) in [6.07, 6.45) is 4.68. The van der Waals surface area contributed by atoms with Crippen LogP contribution in [0, 0.1) is 0 Å². The van der Waals surface area contributed by atoms with E-state index in [0.717, 1.165) is 0 Å². The number of aromatic carboxylic acids is 1. The SMILES string of the molecule is O=C(O)c1ccc(-c2ncccn2)cn1. The molecule has 1 N–H and O–H groups in total. The van der Waals surface area contributed by atoms with Crippen LogP contribution in [-0.4, -0.2) is 26.0 Å². The van der Waals surface area contributed by atoms with E-state index >= 15 is 0 Å². The molecule has 0 spiro atoms. The van der Waals surface area contributed by atoms with Crippen LogP contribution in [0.15, 0.2) is 36.8 Å². The van der Waals surface area contributed by atoms with Crippen molar-refractivity contribution in [1.82, 2.24) is 15.0 Å². The molecular formula is C10H7N3O2. The lowest BCUT2D eigenvalue weighted by atomic mass is 10.2. The maximum Gasteiger partial charge on any atom is 0.354 e. The van der Waals surface area contributed by atoms with E-state index in [0.29, 0.717) is 11.4 Å². The lowest BCUT2D eigenvalue weighted by molar-refractivity contribution is 0.0690. The van der Waals surface area contributed by atoms with Crippen molar-refractivity contribution in [3.05, 3.63) is 42.5 Å². The maximum absolute atomic E-state index is 10.6. The van der Waals surface area contributed by atoms with Crippen molar-refractivity contribution in [2.24, 2.45) is 0 Å². The Labute approximate surface area is 85.5 Å². The molecule has 2 rings (SSSR count). The van der Waals surface area contributed by atoms with Crippen molar-refractivity contribution in [1.29, 1.82) is 0 Å². The molecule has 0 atom stereocenters. The van der Waals surface area contributed by atoms with Gasteiger partial charge in [0.2, 0.25) is 0 Å². The van der Waals surface area contributed by atoms with Gasteiger partial charge >= 0.3 is 5.97 Å². The van der Waals surface area contributed by atoms with Crippen LogP contribution in [0.4, 0.5) is 0 Å². The highest BCUT2D eigenvalue weighted by atomic mass is 16.4. The highest BCUT2D eigenvalue weighted by Crippen LogP contribution is 2.12. The summed E-state index contributed by atoms with van der Waals surface area (Å²) in [7, 11) is 0. The minimum Gasteiger partial charge on any atom is -0.477 e. The highest BCUT2D eigenvalue weighted by molar-refractivity contribution is 5.85.